The molecule has 5 nitrogen and oxygen atoms in total. The molecule has 0 radical (unpaired) electrons. The molecule has 39 heavy (non-hydrogen) atoms. The fourth-order valence-corrected chi connectivity index (χ4v) is 11.1. The summed E-state index contributed by atoms with van der Waals surface area (Å²) >= 11 is 0. The second kappa shape index (κ2) is 8.39. The Bertz CT molecular complexity index is 1220. The number of allylic oxidation sites excluding steroid dienone is 4. The molecule has 1 heterocycles. The maximum atomic E-state index is 14.5. The molecular formula is C34H48N2O3. The Morgan fingerprint density at radius 3 is 2.28 bits per heavy atom. The molecule has 0 N–H and O–H groups in total. The average molecular weight is 533 g/mol. The van der Waals surface area contributed by atoms with E-state index in [1.54, 1.807) is 0 Å². The van der Waals surface area contributed by atoms with Gasteiger partial charge in [-0.2, -0.15) is 5.26 Å². The molecule has 3 saturated carbocycles. The molecule has 0 aromatic heterocycles. The Kier molecular flexibility index (Phi) is 5.89. The number of nitriles is 1. The maximum Gasteiger partial charge on any atom is 0.178 e. The standard InChI is InChI=1S/C34H48N2O3/c1-29(2)25-8-9-33(6)26(32(25,5)19-22(21-35)28(29)38)18-24(37)27-23-20-31(4,36-14-16-39-17-15-36)12-10-30(23,3)11-13-34(27,33)7/h18-19,23,25,27H,8-17,20H2,1-7H3/t23-,25-,27?,30+,31-,32-,33+,34+/m0/s1. The van der Waals surface area contributed by atoms with E-state index in [0.717, 1.165) is 52.0 Å². The molecule has 0 bridgehead atoms. The van der Waals surface area contributed by atoms with Crippen LogP contribution in [0.4, 0.5) is 0 Å². The summed E-state index contributed by atoms with van der Waals surface area (Å²) < 4.78 is 5.69. The van der Waals surface area contributed by atoms with Crippen LogP contribution in [-0.4, -0.2) is 48.3 Å². The number of ketones is 2. The van der Waals surface area contributed by atoms with Gasteiger partial charge in [-0.1, -0.05) is 53.2 Å². The van der Waals surface area contributed by atoms with Crippen molar-refractivity contribution in [1.29, 1.82) is 5.26 Å². The summed E-state index contributed by atoms with van der Waals surface area (Å²) in [6, 6.07) is 2.22. The molecule has 0 aromatic rings. The summed E-state index contributed by atoms with van der Waals surface area (Å²) in [4.78, 5) is 30.5. The van der Waals surface area contributed by atoms with Crippen molar-refractivity contribution in [2.45, 2.75) is 99.0 Å². The Balaban J connectivity index is 1.45. The van der Waals surface area contributed by atoms with E-state index in [9.17, 15) is 14.9 Å². The number of carbonyl (C=O) groups excluding carboxylic acids is 2. The topological polar surface area (TPSA) is 70.4 Å². The summed E-state index contributed by atoms with van der Waals surface area (Å²) in [5, 5.41) is 9.93. The first-order valence-corrected chi connectivity index (χ1v) is 15.4. The largest absolute Gasteiger partial charge is 0.379 e. The number of morpholine rings is 1. The number of rotatable bonds is 1. The van der Waals surface area contributed by atoms with Crippen molar-refractivity contribution in [3.63, 3.8) is 0 Å². The van der Waals surface area contributed by atoms with Crippen LogP contribution in [0, 0.1) is 56.2 Å². The third-order valence-corrected chi connectivity index (χ3v) is 13.8. The highest BCUT2D eigenvalue weighted by Gasteiger charge is 2.69. The van der Waals surface area contributed by atoms with Gasteiger partial charge in [-0.05, 0) is 86.0 Å². The van der Waals surface area contributed by atoms with Gasteiger partial charge in [-0.25, -0.2) is 0 Å². The molecule has 6 rings (SSSR count). The monoisotopic (exact) mass is 532 g/mol. The molecule has 1 unspecified atom stereocenters. The number of hydrogen-bond acceptors (Lipinski definition) is 5. The second-order valence-electron chi connectivity index (χ2n) is 15.8. The number of ether oxygens (including phenoxy) is 1. The summed E-state index contributed by atoms with van der Waals surface area (Å²) in [5.74, 6) is 0.732. The lowest BCUT2D eigenvalue weighted by molar-refractivity contribution is -0.173. The average Bonchev–Trinajstić information content (AvgIpc) is 2.89. The fourth-order valence-electron chi connectivity index (χ4n) is 11.1. The van der Waals surface area contributed by atoms with E-state index in [2.05, 4.69) is 45.6 Å². The Morgan fingerprint density at radius 2 is 1.62 bits per heavy atom. The SMILES string of the molecule is CC1(C)C(=O)C(C#N)=C[C@]2(C)C3=CC(=O)C4[C@@H]5C[C@@](C)(N6CCOCC6)CC[C@]5(C)CC[C@@]4(C)[C@]3(C)CC[C@@H]12. The lowest BCUT2D eigenvalue weighted by Gasteiger charge is -2.69. The molecule has 0 spiro atoms. The molecule has 0 amide bonds. The predicted octanol–water partition coefficient (Wildman–Crippen LogP) is 6.29. The summed E-state index contributed by atoms with van der Waals surface area (Å²) in [7, 11) is 0. The fraction of sp³-hybridized carbons (Fsp3) is 0.794. The zero-order chi connectivity index (χ0) is 28.2. The van der Waals surface area contributed by atoms with Crippen LogP contribution in [0.3, 0.4) is 0 Å². The lowest BCUT2D eigenvalue weighted by Crippen LogP contribution is -2.66. The van der Waals surface area contributed by atoms with Gasteiger partial charge in [0.2, 0.25) is 0 Å². The van der Waals surface area contributed by atoms with Crippen LogP contribution in [0.1, 0.15) is 93.4 Å². The van der Waals surface area contributed by atoms with E-state index >= 15 is 0 Å². The van der Waals surface area contributed by atoms with Gasteiger partial charge in [-0.15, -0.1) is 0 Å². The van der Waals surface area contributed by atoms with Crippen LogP contribution in [0.5, 0.6) is 0 Å². The molecule has 1 aliphatic heterocycles. The van der Waals surface area contributed by atoms with Crippen LogP contribution in [0.15, 0.2) is 23.3 Å². The molecule has 5 aliphatic carbocycles. The van der Waals surface area contributed by atoms with Crippen molar-refractivity contribution in [3.8, 4) is 6.07 Å². The van der Waals surface area contributed by atoms with Crippen LogP contribution in [0.25, 0.3) is 0 Å². The molecule has 1 saturated heterocycles. The summed E-state index contributed by atoms with van der Waals surface area (Å²) in [6.07, 6.45) is 11.6. The molecule has 6 aliphatic rings. The van der Waals surface area contributed by atoms with Crippen molar-refractivity contribution >= 4 is 11.6 Å². The predicted molar refractivity (Wildman–Crippen MR) is 152 cm³/mol. The van der Waals surface area contributed by atoms with Gasteiger partial charge in [0.05, 0.1) is 18.8 Å². The Labute approximate surface area is 235 Å². The minimum atomic E-state index is -0.619. The van der Waals surface area contributed by atoms with Crippen LogP contribution in [0.2, 0.25) is 0 Å². The normalized spacial score (nSPS) is 49.4. The van der Waals surface area contributed by atoms with Gasteiger partial charge < -0.3 is 4.74 Å². The molecular weight excluding hydrogens is 484 g/mol. The first kappa shape index (κ1) is 27.4. The molecule has 0 aromatic carbocycles. The Morgan fingerprint density at radius 1 is 0.949 bits per heavy atom. The van der Waals surface area contributed by atoms with Crippen LogP contribution in [-0.2, 0) is 14.3 Å². The smallest absolute Gasteiger partial charge is 0.178 e. The van der Waals surface area contributed by atoms with Gasteiger partial charge in [0, 0.05) is 35.4 Å². The number of Topliss-reactive ketones (excluding diaryl/α,β-unsaturated/α-hetero) is 1. The summed E-state index contributed by atoms with van der Waals surface area (Å²) in [5.41, 5.74) is 0.411. The van der Waals surface area contributed by atoms with Crippen LogP contribution < -0.4 is 0 Å². The number of hydrogen-bond donors (Lipinski definition) is 0. The zero-order valence-corrected chi connectivity index (χ0v) is 25.3. The van der Waals surface area contributed by atoms with E-state index in [-0.39, 0.29) is 45.0 Å². The second-order valence-corrected chi connectivity index (χ2v) is 15.8. The minimum Gasteiger partial charge on any atom is -0.379 e. The Hall–Kier alpha value is -1.77. The van der Waals surface area contributed by atoms with Crippen molar-refractivity contribution in [3.05, 3.63) is 23.3 Å². The van der Waals surface area contributed by atoms with E-state index in [1.165, 1.54) is 24.8 Å². The van der Waals surface area contributed by atoms with E-state index in [0.29, 0.717) is 11.7 Å². The molecule has 4 fully saturated rings. The first-order valence-electron chi connectivity index (χ1n) is 15.4. The molecule has 8 atom stereocenters. The van der Waals surface area contributed by atoms with Crippen molar-refractivity contribution in [2.75, 3.05) is 26.3 Å². The van der Waals surface area contributed by atoms with Gasteiger partial charge >= 0.3 is 0 Å². The highest BCUT2D eigenvalue weighted by molar-refractivity contribution is 6.04. The number of nitrogens with zero attached hydrogens (tertiary/aromatic N) is 2. The van der Waals surface area contributed by atoms with Crippen molar-refractivity contribution in [1.82, 2.24) is 4.90 Å². The third-order valence-electron chi connectivity index (χ3n) is 13.8. The quantitative estimate of drug-likeness (QED) is 0.397. The zero-order valence-electron chi connectivity index (χ0n) is 25.3. The molecule has 5 heteroatoms. The highest BCUT2D eigenvalue weighted by Crippen LogP contribution is 2.74. The van der Waals surface area contributed by atoms with Crippen LogP contribution >= 0.6 is 0 Å². The van der Waals surface area contributed by atoms with E-state index < -0.39 is 10.8 Å². The van der Waals surface area contributed by atoms with Gasteiger partial charge in [0.1, 0.15) is 6.07 Å². The third kappa shape index (κ3) is 3.43. The van der Waals surface area contributed by atoms with Crippen molar-refractivity contribution < 1.29 is 14.3 Å². The minimum absolute atomic E-state index is 0.0171. The van der Waals surface area contributed by atoms with Gasteiger partial charge in [-0.3, -0.25) is 14.5 Å². The van der Waals surface area contributed by atoms with Crippen molar-refractivity contribution in [2.24, 2.45) is 44.8 Å². The lowest BCUT2D eigenvalue weighted by atomic mass is 9.34. The van der Waals surface area contributed by atoms with Gasteiger partial charge in [0.25, 0.3) is 0 Å². The number of fused-ring (bicyclic) bond motifs is 7. The van der Waals surface area contributed by atoms with E-state index in [4.69, 9.17) is 4.74 Å². The maximum absolute atomic E-state index is 14.5. The highest BCUT2D eigenvalue weighted by atomic mass is 16.5. The molecule has 212 valence electrons. The first-order chi connectivity index (χ1) is 18.2. The van der Waals surface area contributed by atoms with Gasteiger partial charge in [0.15, 0.2) is 11.6 Å². The number of carbonyl (C=O) groups is 2. The summed E-state index contributed by atoms with van der Waals surface area (Å²) in [6.45, 7) is 19.6. The van der Waals surface area contributed by atoms with E-state index in [1.807, 2.05) is 26.0 Å².